The van der Waals surface area contributed by atoms with Crippen molar-refractivity contribution in [2.75, 3.05) is 31.1 Å². The molecule has 0 bridgehead atoms. The van der Waals surface area contributed by atoms with E-state index in [1.54, 1.807) is 18.2 Å². The molecule has 1 aliphatic heterocycles. The Morgan fingerprint density at radius 3 is 2.50 bits per heavy atom. The van der Waals surface area contributed by atoms with Crippen molar-refractivity contribution in [3.8, 4) is 0 Å². The van der Waals surface area contributed by atoms with E-state index in [9.17, 15) is 9.18 Å². The first-order valence-corrected chi connectivity index (χ1v) is 8.86. The lowest BCUT2D eigenvalue weighted by atomic mass is 10.1. The van der Waals surface area contributed by atoms with Crippen molar-refractivity contribution in [1.82, 2.24) is 4.90 Å². The number of carbonyl (C=O) groups excluding carboxylic acids is 1. The zero-order valence-corrected chi connectivity index (χ0v) is 15.2. The highest BCUT2D eigenvalue weighted by Crippen LogP contribution is 2.24. The number of aryl methyl sites for hydroxylation is 1. The van der Waals surface area contributed by atoms with Crippen LogP contribution in [0.3, 0.4) is 0 Å². The monoisotopic (exact) mass is 390 g/mol. The number of hydrogen-bond donors (Lipinski definition) is 0. The van der Waals surface area contributed by atoms with Gasteiger partial charge in [-0.2, -0.15) is 0 Å². The van der Waals surface area contributed by atoms with E-state index < -0.39 is 0 Å². The van der Waals surface area contributed by atoms with E-state index in [-0.39, 0.29) is 18.1 Å². The number of nitrogens with zero attached hydrogens (tertiary/aromatic N) is 2. The van der Waals surface area contributed by atoms with Gasteiger partial charge in [-0.25, -0.2) is 4.39 Å². The van der Waals surface area contributed by atoms with E-state index in [4.69, 9.17) is 0 Å². The average molecular weight is 391 g/mol. The van der Waals surface area contributed by atoms with E-state index in [0.717, 1.165) is 17.6 Å². The van der Waals surface area contributed by atoms with E-state index >= 15 is 0 Å². The summed E-state index contributed by atoms with van der Waals surface area (Å²) in [5.41, 5.74) is 2.84. The van der Waals surface area contributed by atoms with Crippen molar-refractivity contribution < 1.29 is 9.18 Å². The maximum atomic E-state index is 13.7. The third kappa shape index (κ3) is 3.78. The lowest BCUT2D eigenvalue weighted by molar-refractivity contribution is -0.130. The number of anilines is 1. The van der Waals surface area contributed by atoms with Crippen LogP contribution in [0.2, 0.25) is 0 Å². The number of rotatable bonds is 3. The van der Waals surface area contributed by atoms with Crippen LogP contribution in [0.15, 0.2) is 46.9 Å². The van der Waals surface area contributed by atoms with Crippen LogP contribution in [-0.2, 0) is 11.2 Å². The molecule has 5 heteroatoms. The highest BCUT2D eigenvalue weighted by atomic mass is 79.9. The molecule has 0 aromatic heterocycles. The smallest absolute Gasteiger partial charge is 0.227 e. The summed E-state index contributed by atoms with van der Waals surface area (Å²) >= 11 is 3.52. The zero-order valence-electron chi connectivity index (χ0n) is 13.6. The Bertz CT molecular complexity index is 742. The molecular weight excluding hydrogens is 371 g/mol. The van der Waals surface area contributed by atoms with Gasteiger partial charge in [0, 0.05) is 36.3 Å². The van der Waals surface area contributed by atoms with Gasteiger partial charge in [0.05, 0.1) is 6.42 Å². The fraction of sp³-hybridized carbons (Fsp3) is 0.316. The Morgan fingerprint density at radius 2 is 1.83 bits per heavy atom. The molecule has 126 valence electrons. The largest absolute Gasteiger partial charge is 0.368 e. The number of carbonyl (C=O) groups is 1. The van der Waals surface area contributed by atoms with Gasteiger partial charge in [-0.15, -0.1) is 0 Å². The van der Waals surface area contributed by atoms with Crippen LogP contribution in [0.1, 0.15) is 11.1 Å². The zero-order chi connectivity index (χ0) is 17.1. The van der Waals surface area contributed by atoms with Gasteiger partial charge in [0.25, 0.3) is 0 Å². The summed E-state index contributed by atoms with van der Waals surface area (Å²) in [5, 5.41) is 0. The minimum Gasteiger partial charge on any atom is -0.368 e. The van der Waals surface area contributed by atoms with Crippen LogP contribution < -0.4 is 4.90 Å². The molecule has 2 aromatic rings. The number of piperazine rings is 1. The maximum Gasteiger partial charge on any atom is 0.227 e. The summed E-state index contributed by atoms with van der Waals surface area (Å²) in [7, 11) is 0. The normalized spacial score (nSPS) is 14.8. The van der Waals surface area contributed by atoms with Crippen LogP contribution in [0.5, 0.6) is 0 Å². The van der Waals surface area contributed by atoms with E-state index in [1.165, 1.54) is 17.3 Å². The fourth-order valence-electron chi connectivity index (χ4n) is 2.96. The second kappa shape index (κ2) is 7.34. The molecule has 1 heterocycles. The molecule has 24 heavy (non-hydrogen) atoms. The van der Waals surface area contributed by atoms with Gasteiger partial charge in [-0.05, 0) is 42.3 Å². The van der Waals surface area contributed by atoms with Gasteiger partial charge in [-0.3, -0.25) is 4.79 Å². The third-order valence-corrected chi connectivity index (χ3v) is 5.33. The van der Waals surface area contributed by atoms with Gasteiger partial charge < -0.3 is 9.80 Å². The molecule has 0 aliphatic carbocycles. The lowest BCUT2D eigenvalue weighted by Gasteiger charge is -2.36. The topological polar surface area (TPSA) is 23.6 Å². The predicted octanol–water partition coefficient (Wildman–Crippen LogP) is 3.79. The van der Waals surface area contributed by atoms with Crippen molar-refractivity contribution in [2.45, 2.75) is 13.3 Å². The first-order valence-electron chi connectivity index (χ1n) is 8.07. The third-order valence-electron chi connectivity index (χ3n) is 4.44. The summed E-state index contributed by atoms with van der Waals surface area (Å²) in [6.07, 6.45) is 0.129. The van der Waals surface area contributed by atoms with Gasteiger partial charge in [0.1, 0.15) is 5.82 Å². The van der Waals surface area contributed by atoms with E-state index in [0.29, 0.717) is 18.7 Å². The number of halogens is 2. The summed E-state index contributed by atoms with van der Waals surface area (Å²) < 4.78 is 14.8. The minimum atomic E-state index is -0.310. The van der Waals surface area contributed by atoms with Gasteiger partial charge in [0.15, 0.2) is 0 Å². The average Bonchev–Trinajstić information content (AvgIpc) is 2.59. The van der Waals surface area contributed by atoms with Crippen LogP contribution in [0, 0.1) is 12.7 Å². The molecule has 0 spiro atoms. The first kappa shape index (κ1) is 17.0. The molecule has 1 amide bonds. The first-order chi connectivity index (χ1) is 11.5. The van der Waals surface area contributed by atoms with Crippen molar-refractivity contribution in [2.24, 2.45) is 0 Å². The van der Waals surface area contributed by atoms with E-state index in [1.807, 2.05) is 4.90 Å². The van der Waals surface area contributed by atoms with Gasteiger partial charge >= 0.3 is 0 Å². The number of hydrogen-bond acceptors (Lipinski definition) is 2. The second-order valence-electron chi connectivity index (χ2n) is 6.07. The van der Waals surface area contributed by atoms with Crippen LogP contribution in [-0.4, -0.2) is 37.0 Å². The molecule has 1 aliphatic rings. The standard InChI is InChI=1S/C19H20BrFN2O/c1-14-12-16(6-7-17(14)20)22-8-10-23(11-9-22)19(24)13-15-4-2-3-5-18(15)21/h2-7,12H,8-11,13H2,1H3. The molecular formula is C19H20BrFN2O. The van der Waals surface area contributed by atoms with E-state index in [2.05, 4.69) is 46.0 Å². The predicted molar refractivity (Wildman–Crippen MR) is 97.8 cm³/mol. The molecule has 0 radical (unpaired) electrons. The molecule has 0 N–H and O–H groups in total. The van der Waals surface area contributed by atoms with Crippen LogP contribution >= 0.6 is 15.9 Å². The lowest BCUT2D eigenvalue weighted by Crippen LogP contribution is -2.49. The Balaban J connectivity index is 1.59. The fourth-order valence-corrected chi connectivity index (χ4v) is 3.20. The SMILES string of the molecule is Cc1cc(N2CCN(C(=O)Cc3ccccc3F)CC2)ccc1Br. The minimum absolute atomic E-state index is 0.00765. The van der Waals surface area contributed by atoms with Crippen LogP contribution in [0.4, 0.5) is 10.1 Å². The second-order valence-corrected chi connectivity index (χ2v) is 6.92. The Morgan fingerprint density at radius 1 is 1.12 bits per heavy atom. The Hall–Kier alpha value is -1.88. The maximum absolute atomic E-state index is 13.7. The number of benzene rings is 2. The molecule has 1 saturated heterocycles. The highest BCUT2D eigenvalue weighted by molar-refractivity contribution is 9.10. The van der Waals surface area contributed by atoms with Gasteiger partial charge in [-0.1, -0.05) is 34.1 Å². The van der Waals surface area contributed by atoms with Gasteiger partial charge in [0.2, 0.25) is 5.91 Å². The van der Waals surface area contributed by atoms with Crippen molar-refractivity contribution in [1.29, 1.82) is 0 Å². The summed E-state index contributed by atoms with van der Waals surface area (Å²) in [6, 6.07) is 12.8. The van der Waals surface area contributed by atoms with Crippen LogP contribution in [0.25, 0.3) is 0 Å². The van der Waals surface area contributed by atoms with Crippen molar-refractivity contribution in [3.05, 3.63) is 63.9 Å². The molecule has 2 aromatic carbocycles. The molecule has 1 fully saturated rings. The summed E-state index contributed by atoms with van der Waals surface area (Å²) in [4.78, 5) is 16.5. The summed E-state index contributed by atoms with van der Waals surface area (Å²) in [6.45, 7) is 5.00. The van der Waals surface area contributed by atoms with Crippen molar-refractivity contribution >= 4 is 27.5 Å². The molecule has 3 nitrogen and oxygen atoms in total. The number of amides is 1. The van der Waals surface area contributed by atoms with Crippen molar-refractivity contribution in [3.63, 3.8) is 0 Å². The highest BCUT2D eigenvalue weighted by Gasteiger charge is 2.22. The summed E-state index contributed by atoms with van der Waals surface area (Å²) in [5.74, 6) is -0.318. The Kier molecular flexibility index (Phi) is 5.19. The molecule has 3 rings (SSSR count). The molecule has 0 atom stereocenters. The molecule has 0 saturated carbocycles. The Labute approximate surface area is 150 Å². The quantitative estimate of drug-likeness (QED) is 0.795. The molecule has 0 unspecified atom stereocenters.